The van der Waals surface area contributed by atoms with E-state index in [1.165, 1.54) is 22.8 Å². The lowest BCUT2D eigenvalue weighted by atomic mass is 9.78. The van der Waals surface area contributed by atoms with Crippen molar-refractivity contribution in [1.29, 1.82) is 0 Å². The third-order valence-corrected chi connectivity index (χ3v) is 6.46. The molecule has 1 aliphatic heterocycles. The Bertz CT molecular complexity index is 867. The number of aromatic nitrogens is 1. The molecule has 1 aromatic carbocycles. The minimum Gasteiger partial charge on any atom is -0.369 e. The number of carbonyl (C=O) groups is 1. The molecule has 0 saturated heterocycles. The van der Waals surface area contributed by atoms with Gasteiger partial charge in [-0.05, 0) is 37.6 Å². The zero-order valence-corrected chi connectivity index (χ0v) is 13.6. The van der Waals surface area contributed by atoms with E-state index in [4.69, 9.17) is 5.73 Å². The van der Waals surface area contributed by atoms with Crippen LogP contribution in [0, 0.1) is 0 Å². The van der Waals surface area contributed by atoms with E-state index in [2.05, 4.69) is 4.98 Å². The molecule has 1 aliphatic rings. The van der Waals surface area contributed by atoms with Gasteiger partial charge in [-0.2, -0.15) is 0 Å². The van der Waals surface area contributed by atoms with Crippen LogP contribution in [0.2, 0.25) is 0 Å². The Hall–Kier alpha value is -2.41. The van der Waals surface area contributed by atoms with Crippen LogP contribution in [-0.2, 0) is 20.2 Å². The molecular formula is C16H17N3O3S. The lowest BCUT2D eigenvalue weighted by Crippen LogP contribution is -2.50. The van der Waals surface area contributed by atoms with Crippen LogP contribution >= 0.6 is 0 Å². The summed E-state index contributed by atoms with van der Waals surface area (Å²) in [5, 5.41) is 0. The predicted molar refractivity (Wildman–Crippen MR) is 86.4 cm³/mol. The number of hydrogen-bond donors (Lipinski definition) is 1. The number of amides is 1. The molecule has 0 spiro atoms. The number of carbonyl (C=O) groups excluding carboxylic acids is 1. The first-order chi connectivity index (χ1) is 10.8. The quantitative estimate of drug-likeness (QED) is 0.920. The van der Waals surface area contributed by atoms with E-state index in [1.54, 1.807) is 44.2 Å². The third kappa shape index (κ3) is 2.03. The molecule has 6 nitrogen and oxygen atoms in total. The van der Waals surface area contributed by atoms with Gasteiger partial charge < -0.3 is 5.73 Å². The molecule has 0 bridgehead atoms. The molecule has 2 aromatic rings. The molecule has 120 valence electrons. The van der Waals surface area contributed by atoms with Gasteiger partial charge in [0.15, 0.2) is 0 Å². The molecule has 7 heteroatoms. The van der Waals surface area contributed by atoms with Crippen molar-refractivity contribution >= 4 is 21.6 Å². The highest BCUT2D eigenvalue weighted by Gasteiger charge is 2.53. The van der Waals surface area contributed by atoms with Crippen molar-refractivity contribution in [1.82, 2.24) is 4.98 Å². The molecule has 2 N–H and O–H groups in total. The first-order valence-corrected chi connectivity index (χ1v) is 8.59. The van der Waals surface area contributed by atoms with Gasteiger partial charge in [-0.15, -0.1) is 0 Å². The van der Waals surface area contributed by atoms with Gasteiger partial charge in [0.25, 0.3) is 10.0 Å². The van der Waals surface area contributed by atoms with E-state index in [0.29, 0.717) is 11.3 Å². The number of nitrogens with two attached hydrogens (primary N) is 1. The summed E-state index contributed by atoms with van der Waals surface area (Å²) in [6.07, 6.45) is 2.80. The molecule has 3 rings (SSSR count). The van der Waals surface area contributed by atoms with Crippen molar-refractivity contribution in [3.63, 3.8) is 0 Å². The second-order valence-electron chi connectivity index (χ2n) is 5.75. The van der Waals surface area contributed by atoms with Crippen LogP contribution < -0.4 is 10.0 Å². The van der Waals surface area contributed by atoms with Gasteiger partial charge in [-0.3, -0.25) is 14.1 Å². The van der Waals surface area contributed by atoms with Gasteiger partial charge in [-0.1, -0.05) is 18.2 Å². The van der Waals surface area contributed by atoms with E-state index < -0.39 is 27.4 Å². The fraction of sp³-hybridized carbons (Fsp3) is 0.250. The fourth-order valence-corrected chi connectivity index (χ4v) is 4.78. The average Bonchev–Trinajstić information content (AvgIpc) is 2.78. The van der Waals surface area contributed by atoms with Crippen LogP contribution in [-0.4, -0.2) is 25.4 Å². The third-order valence-electron chi connectivity index (χ3n) is 4.59. The largest absolute Gasteiger partial charge is 0.369 e. The number of nitrogens with zero attached hydrogens (tertiary/aromatic N) is 2. The summed E-state index contributed by atoms with van der Waals surface area (Å²) in [7, 11) is -3.84. The molecule has 1 amide bonds. The Balaban J connectivity index is 2.24. The van der Waals surface area contributed by atoms with Gasteiger partial charge in [0.1, 0.15) is 4.90 Å². The maximum Gasteiger partial charge on any atom is 0.266 e. The standard InChI is InChI=1S/C16H17N3O3S/c1-11-16(2,15(17)20)13-7-3-4-8-14(13)19(11)23(21,22)12-6-5-9-18-10-12/h3-11H,1-2H3,(H2,17,20). The van der Waals surface area contributed by atoms with Crippen molar-refractivity contribution in [3.8, 4) is 0 Å². The minimum atomic E-state index is -3.84. The second kappa shape index (κ2) is 5.06. The fourth-order valence-electron chi connectivity index (χ4n) is 3.06. The van der Waals surface area contributed by atoms with Crippen LogP contribution in [0.1, 0.15) is 19.4 Å². The Morgan fingerprint density at radius 2 is 1.96 bits per heavy atom. The van der Waals surface area contributed by atoms with E-state index >= 15 is 0 Å². The highest BCUT2D eigenvalue weighted by Crippen LogP contribution is 2.47. The molecule has 2 heterocycles. The first kappa shape index (κ1) is 15.5. The van der Waals surface area contributed by atoms with Crippen molar-refractivity contribution in [3.05, 3.63) is 54.4 Å². The number of benzene rings is 1. The number of para-hydroxylation sites is 1. The molecule has 0 saturated carbocycles. The topological polar surface area (TPSA) is 93.4 Å². The summed E-state index contributed by atoms with van der Waals surface area (Å²) < 4.78 is 27.4. The number of primary amides is 1. The number of anilines is 1. The molecule has 0 radical (unpaired) electrons. The molecule has 23 heavy (non-hydrogen) atoms. The number of rotatable bonds is 3. The lowest BCUT2D eigenvalue weighted by Gasteiger charge is -2.31. The zero-order valence-electron chi connectivity index (χ0n) is 12.8. The van der Waals surface area contributed by atoms with E-state index in [0.717, 1.165) is 0 Å². The van der Waals surface area contributed by atoms with E-state index in [-0.39, 0.29) is 4.90 Å². The molecule has 0 fully saturated rings. The molecule has 2 atom stereocenters. The monoisotopic (exact) mass is 331 g/mol. The lowest BCUT2D eigenvalue weighted by molar-refractivity contribution is -0.123. The highest BCUT2D eigenvalue weighted by molar-refractivity contribution is 7.92. The zero-order chi connectivity index (χ0) is 16.8. The van der Waals surface area contributed by atoms with Crippen LogP contribution in [0.25, 0.3) is 0 Å². The normalized spacial score (nSPS) is 23.6. The molecule has 0 aliphatic carbocycles. The van der Waals surface area contributed by atoms with Gasteiger partial charge in [-0.25, -0.2) is 8.42 Å². The Labute approximate surface area is 135 Å². The van der Waals surface area contributed by atoms with E-state index in [9.17, 15) is 13.2 Å². The minimum absolute atomic E-state index is 0.0790. The summed E-state index contributed by atoms with van der Waals surface area (Å²) in [5.41, 5.74) is 5.61. The number of pyridine rings is 1. The van der Waals surface area contributed by atoms with Gasteiger partial charge in [0.05, 0.1) is 17.1 Å². The first-order valence-electron chi connectivity index (χ1n) is 7.15. The van der Waals surface area contributed by atoms with Crippen LogP contribution in [0.4, 0.5) is 5.69 Å². The highest BCUT2D eigenvalue weighted by atomic mass is 32.2. The van der Waals surface area contributed by atoms with Crippen LogP contribution in [0.3, 0.4) is 0 Å². The molecule has 1 aromatic heterocycles. The molecule has 2 unspecified atom stereocenters. The SMILES string of the molecule is CC1N(S(=O)(=O)c2cccnc2)c2ccccc2C1(C)C(N)=O. The maximum atomic E-state index is 13.1. The van der Waals surface area contributed by atoms with Crippen LogP contribution in [0.15, 0.2) is 53.7 Å². The van der Waals surface area contributed by atoms with Gasteiger partial charge in [0.2, 0.25) is 5.91 Å². The molecular weight excluding hydrogens is 314 g/mol. The van der Waals surface area contributed by atoms with E-state index in [1.807, 2.05) is 0 Å². The summed E-state index contributed by atoms with van der Waals surface area (Å²) in [6.45, 7) is 3.37. The van der Waals surface area contributed by atoms with Crippen molar-refractivity contribution < 1.29 is 13.2 Å². The van der Waals surface area contributed by atoms with Gasteiger partial charge >= 0.3 is 0 Å². The summed E-state index contributed by atoms with van der Waals surface area (Å²) in [6, 6.07) is 9.35. The Kier molecular flexibility index (Phi) is 3.40. The summed E-state index contributed by atoms with van der Waals surface area (Å²) >= 11 is 0. The predicted octanol–water partition coefficient (Wildman–Crippen LogP) is 1.42. The number of hydrogen-bond acceptors (Lipinski definition) is 4. The Morgan fingerprint density at radius 3 is 2.57 bits per heavy atom. The average molecular weight is 331 g/mol. The van der Waals surface area contributed by atoms with Crippen molar-refractivity contribution in [2.45, 2.75) is 30.2 Å². The van der Waals surface area contributed by atoms with Crippen molar-refractivity contribution in [2.24, 2.45) is 5.73 Å². The van der Waals surface area contributed by atoms with Crippen molar-refractivity contribution in [2.75, 3.05) is 4.31 Å². The number of fused-ring (bicyclic) bond motifs is 1. The number of sulfonamides is 1. The summed E-state index contributed by atoms with van der Waals surface area (Å²) in [4.78, 5) is 16.1. The van der Waals surface area contributed by atoms with Crippen LogP contribution in [0.5, 0.6) is 0 Å². The van der Waals surface area contributed by atoms with Gasteiger partial charge in [0, 0.05) is 12.4 Å². The smallest absolute Gasteiger partial charge is 0.266 e. The Morgan fingerprint density at radius 1 is 1.26 bits per heavy atom. The maximum absolute atomic E-state index is 13.1. The second-order valence-corrected chi connectivity index (χ2v) is 7.56. The summed E-state index contributed by atoms with van der Waals surface area (Å²) in [5.74, 6) is -0.554.